The van der Waals surface area contributed by atoms with Crippen LogP contribution in [0.25, 0.3) is 0 Å². The first-order chi connectivity index (χ1) is 9.45. The number of rotatable bonds is 8. The second kappa shape index (κ2) is 7.96. The molecule has 118 valence electrons. The lowest BCUT2D eigenvalue weighted by molar-refractivity contribution is -0.126. The second-order valence-electron chi connectivity index (χ2n) is 6.33. The van der Waals surface area contributed by atoms with Gasteiger partial charge in [-0.1, -0.05) is 13.8 Å². The number of carbonyl (C=O) groups is 1. The predicted octanol–water partition coefficient (Wildman–Crippen LogP) is 0.977. The average Bonchev–Trinajstić information content (AvgIpc) is 2.42. The predicted molar refractivity (Wildman–Crippen MR) is 81.5 cm³/mol. The molecule has 1 fully saturated rings. The van der Waals surface area contributed by atoms with Crippen molar-refractivity contribution >= 4 is 5.91 Å². The van der Waals surface area contributed by atoms with Crippen LogP contribution >= 0.6 is 0 Å². The van der Waals surface area contributed by atoms with Gasteiger partial charge in [0.05, 0.1) is 12.1 Å². The number of nitrogens with zero attached hydrogens (tertiary/aromatic N) is 1. The molecule has 3 N–H and O–H groups in total. The summed E-state index contributed by atoms with van der Waals surface area (Å²) in [7, 11) is 3.57. The van der Waals surface area contributed by atoms with Gasteiger partial charge < -0.3 is 15.8 Å². The van der Waals surface area contributed by atoms with Crippen LogP contribution in [0.15, 0.2) is 0 Å². The van der Waals surface area contributed by atoms with Crippen molar-refractivity contribution in [3.63, 3.8) is 0 Å². The summed E-state index contributed by atoms with van der Waals surface area (Å²) in [6.07, 6.45) is 3.81. The Morgan fingerprint density at radius 1 is 1.55 bits per heavy atom. The number of hydrogen-bond acceptors (Lipinski definition) is 4. The number of carbonyl (C=O) groups excluding carboxylic acids is 1. The van der Waals surface area contributed by atoms with Crippen molar-refractivity contribution in [1.82, 2.24) is 10.2 Å². The van der Waals surface area contributed by atoms with Gasteiger partial charge in [0.2, 0.25) is 5.91 Å². The third-order valence-corrected chi connectivity index (χ3v) is 4.37. The molecule has 1 saturated carbocycles. The average molecular weight is 285 g/mol. The summed E-state index contributed by atoms with van der Waals surface area (Å²) in [5.41, 5.74) is 5.10. The molecule has 0 aromatic rings. The Bertz CT molecular complexity index is 309. The number of nitrogens with one attached hydrogen (secondary N) is 1. The summed E-state index contributed by atoms with van der Waals surface area (Å²) in [4.78, 5) is 14.3. The molecule has 20 heavy (non-hydrogen) atoms. The highest BCUT2D eigenvalue weighted by Crippen LogP contribution is 2.31. The van der Waals surface area contributed by atoms with Gasteiger partial charge >= 0.3 is 0 Å². The molecule has 2 atom stereocenters. The monoisotopic (exact) mass is 285 g/mol. The van der Waals surface area contributed by atoms with Crippen LogP contribution in [0.4, 0.5) is 0 Å². The van der Waals surface area contributed by atoms with Crippen LogP contribution in [-0.2, 0) is 9.53 Å². The Morgan fingerprint density at radius 2 is 2.25 bits per heavy atom. The molecule has 0 spiro atoms. The molecule has 0 aromatic carbocycles. The zero-order chi connectivity index (χ0) is 15.2. The molecular weight excluding hydrogens is 254 g/mol. The van der Waals surface area contributed by atoms with Gasteiger partial charge in [0.1, 0.15) is 0 Å². The Kier molecular flexibility index (Phi) is 6.92. The topological polar surface area (TPSA) is 67.6 Å². The smallest absolute Gasteiger partial charge is 0.237 e. The van der Waals surface area contributed by atoms with Crippen LogP contribution in [0.2, 0.25) is 0 Å². The van der Waals surface area contributed by atoms with Crippen LogP contribution in [0.5, 0.6) is 0 Å². The first-order valence-corrected chi connectivity index (χ1v) is 7.67. The van der Waals surface area contributed by atoms with E-state index < -0.39 is 5.54 Å². The number of hydrogen-bond donors (Lipinski definition) is 2. The van der Waals surface area contributed by atoms with Gasteiger partial charge in [0.25, 0.3) is 0 Å². The molecule has 0 heterocycles. The number of amides is 1. The fourth-order valence-electron chi connectivity index (χ4n) is 3.23. The Hall–Kier alpha value is -0.650. The zero-order valence-corrected chi connectivity index (χ0v) is 13.4. The van der Waals surface area contributed by atoms with Crippen LogP contribution in [0, 0.1) is 5.92 Å². The highest BCUT2D eigenvalue weighted by Gasteiger charge is 2.41. The zero-order valence-electron chi connectivity index (χ0n) is 13.4. The molecule has 0 saturated heterocycles. The molecule has 1 amide bonds. The van der Waals surface area contributed by atoms with Gasteiger partial charge in [-0.15, -0.1) is 0 Å². The molecule has 0 bridgehead atoms. The van der Waals surface area contributed by atoms with E-state index in [1.54, 1.807) is 7.11 Å². The van der Waals surface area contributed by atoms with Gasteiger partial charge in [-0.3, -0.25) is 9.69 Å². The van der Waals surface area contributed by atoms with Gasteiger partial charge in [-0.05, 0) is 38.6 Å². The van der Waals surface area contributed by atoms with E-state index in [4.69, 9.17) is 10.5 Å². The normalized spacial score (nSPS) is 27.2. The van der Waals surface area contributed by atoms with Crippen molar-refractivity contribution in [2.75, 3.05) is 33.9 Å². The minimum absolute atomic E-state index is 0.221. The number of likely N-dealkylation sites (N-methyl/N-ethyl adjacent to an activating group) is 1. The van der Waals surface area contributed by atoms with E-state index in [9.17, 15) is 4.79 Å². The summed E-state index contributed by atoms with van der Waals surface area (Å²) in [6.45, 7) is 7.13. The van der Waals surface area contributed by atoms with Gasteiger partial charge in [0.15, 0.2) is 0 Å². The van der Waals surface area contributed by atoms with Crippen molar-refractivity contribution in [2.24, 2.45) is 11.7 Å². The second-order valence-corrected chi connectivity index (χ2v) is 6.33. The van der Waals surface area contributed by atoms with E-state index in [0.717, 1.165) is 45.4 Å². The third-order valence-electron chi connectivity index (χ3n) is 4.37. The number of primary amides is 1. The van der Waals surface area contributed by atoms with E-state index >= 15 is 0 Å². The molecule has 0 aromatic heterocycles. The summed E-state index contributed by atoms with van der Waals surface area (Å²) in [5.74, 6) is 0.382. The summed E-state index contributed by atoms with van der Waals surface area (Å²) < 4.78 is 5.22. The van der Waals surface area contributed by atoms with Crippen molar-refractivity contribution in [2.45, 2.75) is 51.1 Å². The highest BCUT2D eigenvalue weighted by molar-refractivity contribution is 5.84. The minimum Gasteiger partial charge on any atom is -0.383 e. The summed E-state index contributed by atoms with van der Waals surface area (Å²) in [6, 6.07) is 0.404. The fraction of sp³-hybridized carbons (Fsp3) is 0.933. The van der Waals surface area contributed by atoms with Crippen molar-refractivity contribution in [3.8, 4) is 0 Å². The molecule has 0 radical (unpaired) electrons. The molecule has 5 heteroatoms. The van der Waals surface area contributed by atoms with E-state index in [2.05, 4.69) is 24.1 Å². The Morgan fingerprint density at radius 3 is 2.75 bits per heavy atom. The standard InChI is InChI=1S/C15H31N3O2/c1-12(2)11-18(8-9-20-4)13-6-5-7-15(10-13,17-3)14(16)19/h12-13,17H,5-11H2,1-4H3,(H2,16,19). The van der Waals surface area contributed by atoms with E-state index in [-0.39, 0.29) is 5.91 Å². The lowest BCUT2D eigenvalue weighted by Crippen LogP contribution is -2.60. The van der Waals surface area contributed by atoms with Crippen LogP contribution in [0.1, 0.15) is 39.5 Å². The van der Waals surface area contributed by atoms with Crippen molar-refractivity contribution < 1.29 is 9.53 Å². The van der Waals surface area contributed by atoms with Gasteiger partial charge in [0, 0.05) is 26.2 Å². The maximum absolute atomic E-state index is 11.8. The highest BCUT2D eigenvalue weighted by atomic mass is 16.5. The minimum atomic E-state index is -0.536. The van der Waals surface area contributed by atoms with Gasteiger partial charge in [-0.25, -0.2) is 0 Å². The maximum atomic E-state index is 11.8. The molecule has 5 nitrogen and oxygen atoms in total. The van der Waals surface area contributed by atoms with Gasteiger partial charge in [-0.2, -0.15) is 0 Å². The molecule has 0 aliphatic heterocycles. The number of nitrogens with two attached hydrogens (primary N) is 1. The largest absolute Gasteiger partial charge is 0.383 e. The lowest BCUT2D eigenvalue weighted by atomic mass is 9.77. The summed E-state index contributed by atoms with van der Waals surface area (Å²) >= 11 is 0. The van der Waals surface area contributed by atoms with Crippen molar-refractivity contribution in [1.29, 1.82) is 0 Å². The Labute approximate surface area is 123 Å². The molecule has 1 rings (SSSR count). The Balaban J connectivity index is 2.76. The molecule has 1 aliphatic carbocycles. The maximum Gasteiger partial charge on any atom is 0.237 e. The molecular formula is C15H31N3O2. The van der Waals surface area contributed by atoms with Crippen molar-refractivity contribution in [3.05, 3.63) is 0 Å². The summed E-state index contributed by atoms with van der Waals surface area (Å²) in [5, 5.41) is 3.18. The molecule has 2 unspecified atom stereocenters. The van der Waals surface area contributed by atoms with Crippen LogP contribution in [0.3, 0.4) is 0 Å². The van der Waals surface area contributed by atoms with Crippen LogP contribution in [-0.4, -0.2) is 56.2 Å². The van der Waals surface area contributed by atoms with E-state index in [1.807, 2.05) is 7.05 Å². The lowest BCUT2D eigenvalue weighted by Gasteiger charge is -2.43. The molecule has 1 aliphatic rings. The fourth-order valence-corrected chi connectivity index (χ4v) is 3.23. The number of methoxy groups -OCH3 is 1. The quantitative estimate of drug-likeness (QED) is 0.697. The van der Waals surface area contributed by atoms with E-state index in [0.29, 0.717) is 12.0 Å². The first kappa shape index (κ1) is 17.4. The van der Waals surface area contributed by atoms with Crippen LogP contribution < -0.4 is 11.1 Å². The SMILES string of the molecule is CNC1(C(N)=O)CCCC(N(CCOC)CC(C)C)C1. The number of ether oxygens (including phenoxy) is 1. The first-order valence-electron chi connectivity index (χ1n) is 7.67. The third kappa shape index (κ3) is 4.43. The van der Waals surface area contributed by atoms with E-state index in [1.165, 1.54) is 0 Å².